The minimum atomic E-state index is -0.120. The molecule has 6 nitrogen and oxygen atoms in total. The summed E-state index contributed by atoms with van der Waals surface area (Å²) < 4.78 is 11.0. The molecule has 2 saturated heterocycles. The lowest BCUT2D eigenvalue weighted by Gasteiger charge is -2.46. The number of nitrogens with zero attached hydrogens (tertiary/aromatic N) is 2. The lowest BCUT2D eigenvalue weighted by Crippen LogP contribution is -2.56. The number of rotatable bonds is 8. The molecule has 150 valence electrons. The molecule has 1 atom stereocenters. The van der Waals surface area contributed by atoms with Gasteiger partial charge in [-0.05, 0) is 31.5 Å². The summed E-state index contributed by atoms with van der Waals surface area (Å²) in [5, 5.41) is 0. The Morgan fingerprint density at radius 3 is 2.26 bits per heavy atom. The second-order valence-corrected chi connectivity index (χ2v) is 7.59. The van der Waals surface area contributed by atoms with Crippen LogP contribution in [0.15, 0.2) is 36.9 Å². The van der Waals surface area contributed by atoms with E-state index in [1.54, 1.807) is 6.08 Å². The van der Waals surface area contributed by atoms with Crippen molar-refractivity contribution >= 4 is 5.69 Å². The summed E-state index contributed by atoms with van der Waals surface area (Å²) in [4.78, 5) is 10.5. The molecular weight excluding hydrogens is 342 g/mol. The molecule has 1 aromatic rings. The van der Waals surface area contributed by atoms with Crippen molar-refractivity contribution in [3.8, 4) is 0 Å². The fourth-order valence-corrected chi connectivity index (χ4v) is 3.83. The number of hydrogen-bond acceptors (Lipinski definition) is 6. The first-order chi connectivity index (χ1) is 13.1. The highest BCUT2D eigenvalue weighted by Gasteiger charge is 2.37. The maximum Gasteiger partial charge on any atom is 0.0861 e. The molecule has 2 heterocycles. The predicted octanol–water partition coefficient (Wildman–Crippen LogP) is 2.38. The van der Waals surface area contributed by atoms with Crippen molar-refractivity contribution in [3.63, 3.8) is 0 Å². The fraction of sp³-hybridized carbons (Fsp3) is 0.619. The molecule has 1 N–H and O–H groups in total. The van der Waals surface area contributed by atoms with Crippen LogP contribution in [0, 0.1) is 0 Å². The van der Waals surface area contributed by atoms with Gasteiger partial charge >= 0.3 is 0 Å². The molecule has 6 heteroatoms. The Kier molecular flexibility index (Phi) is 7.26. The molecule has 27 heavy (non-hydrogen) atoms. The Balaban J connectivity index is 1.77. The highest BCUT2D eigenvalue weighted by Crippen LogP contribution is 2.33. The first kappa shape index (κ1) is 20.3. The van der Waals surface area contributed by atoms with Crippen molar-refractivity contribution in [2.24, 2.45) is 0 Å². The topological polar surface area (TPSA) is 46.2 Å². The molecule has 2 fully saturated rings. The quantitative estimate of drug-likeness (QED) is 0.428. The molecule has 0 bridgehead atoms. The Hall–Kier alpha value is -1.44. The standard InChI is InChI=1S/C21H33N3O3/c1-4-13-27-22-20(21(2,3)24-11-16-26-17-12-24)18-5-7-19(8-6-18)23-9-14-25-15-10-23/h4-8,20,22H,1,9-17H2,2-3H3. The van der Waals surface area contributed by atoms with Gasteiger partial charge in [0.1, 0.15) is 0 Å². The van der Waals surface area contributed by atoms with Crippen molar-refractivity contribution in [2.75, 3.05) is 64.1 Å². The van der Waals surface area contributed by atoms with Crippen molar-refractivity contribution in [2.45, 2.75) is 25.4 Å². The van der Waals surface area contributed by atoms with E-state index in [0.29, 0.717) is 6.61 Å². The Morgan fingerprint density at radius 2 is 1.67 bits per heavy atom. The van der Waals surface area contributed by atoms with E-state index in [4.69, 9.17) is 14.3 Å². The third-order valence-corrected chi connectivity index (χ3v) is 5.54. The van der Waals surface area contributed by atoms with Crippen molar-refractivity contribution in [1.82, 2.24) is 10.4 Å². The zero-order chi connectivity index (χ0) is 19.1. The smallest absolute Gasteiger partial charge is 0.0861 e. The van der Waals surface area contributed by atoms with Gasteiger partial charge < -0.3 is 14.4 Å². The first-order valence-corrected chi connectivity index (χ1v) is 9.86. The average Bonchev–Trinajstić information content (AvgIpc) is 2.73. The van der Waals surface area contributed by atoms with Crippen LogP contribution in [0.25, 0.3) is 0 Å². The van der Waals surface area contributed by atoms with Crippen molar-refractivity contribution < 1.29 is 14.3 Å². The maximum absolute atomic E-state index is 5.67. The van der Waals surface area contributed by atoms with Crippen LogP contribution < -0.4 is 10.4 Å². The first-order valence-electron chi connectivity index (χ1n) is 9.86. The summed E-state index contributed by atoms with van der Waals surface area (Å²) in [7, 11) is 0. The van der Waals surface area contributed by atoms with Crippen LogP contribution in [-0.2, 0) is 14.3 Å². The van der Waals surface area contributed by atoms with Gasteiger partial charge in [-0.25, -0.2) is 0 Å². The molecule has 0 spiro atoms. The minimum Gasteiger partial charge on any atom is -0.379 e. The van der Waals surface area contributed by atoms with Crippen LogP contribution in [0.5, 0.6) is 0 Å². The van der Waals surface area contributed by atoms with Crippen LogP contribution in [-0.4, -0.2) is 69.7 Å². The van der Waals surface area contributed by atoms with E-state index in [1.165, 1.54) is 11.3 Å². The molecule has 2 aliphatic rings. The van der Waals surface area contributed by atoms with E-state index in [9.17, 15) is 0 Å². The number of hydroxylamine groups is 1. The molecule has 0 radical (unpaired) electrons. The molecular formula is C21H33N3O3. The normalized spacial score (nSPS) is 20.4. The van der Waals surface area contributed by atoms with E-state index in [-0.39, 0.29) is 11.6 Å². The summed E-state index contributed by atoms with van der Waals surface area (Å²) >= 11 is 0. The average molecular weight is 376 g/mol. The lowest BCUT2D eigenvalue weighted by atomic mass is 9.87. The van der Waals surface area contributed by atoms with Gasteiger partial charge in [0.05, 0.1) is 39.1 Å². The van der Waals surface area contributed by atoms with Gasteiger partial charge in [0.2, 0.25) is 0 Å². The summed E-state index contributed by atoms with van der Waals surface area (Å²) in [5.74, 6) is 0. The largest absolute Gasteiger partial charge is 0.379 e. The van der Waals surface area contributed by atoms with E-state index < -0.39 is 0 Å². The number of ether oxygens (including phenoxy) is 2. The van der Waals surface area contributed by atoms with Gasteiger partial charge in [-0.2, -0.15) is 5.48 Å². The summed E-state index contributed by atoms with van der Waals surface area (Å²) in [6.45, 7) is 15.6. The third-order valence-electron chi connectivity index (χ3n) is 5.54. The van der Waals surface area contributed by atoms with Crippen molar-refractivity contribution in [1.29, 1.82) is 0 Å². The monoisotopic (exact) mass is 375 g/mol. The molecule has 0 aromatic heterocycles. The van der Waals surface area contributed by atoms with Crippen LogP contribution in [0.3, 0.4) is 0 Å². The minimum absolute atomic E-state index is 0.0364. The van der Waals surface area contributed by atoms with Crippen LogP contribution in [0.2, 0.25) is 0 Å². The maximum atomic E-state index is 5.67. The van der Waals surface area contributed by atoms with Crippen LogP contribution >= 0.6 is 0 Å². The van der Waals surface area contributed by atoms with E-state index >= 15 is 0 Å². The van der Waals surface area contributed by atoms with Gasteiger partial charge in [-0.15, -0.1) is 6.58 Å². The number of hydrogen-bond donors (Lipinski definition) is 1. The number of benzene rings is 1. The van der Waals surface area contributed by atoms with E-state index in [0.717, 1.165) is 52.6 Å². The fourth-order valence-electron chi connectivity index (χ4n) is 3.83. The molecule has 3 rings (SSSR count). The second kappa shape index (κ2) is 9.66. The number of anilines is 1. The van der Waals surface area contributed by atoms with Gasteiger partial charge in [0, 0.05) is 37.4 Å². The van der Waals surface area contributed by atoms with Crippen molar-refractivity contribution in [3.05, 3.63) is 42.5 Å². The summed E-state index contributed by atoms with van der Waals surface area (Å²) in [6, 6.07) is 8.87. The highest BCUT2D eigenvalue weighted by atomic mass is 16.6. The Labute approximate surface area is 163 Å². The second-order valence-electron chi connectivity index (χ2n) is 7.59. The predicted molar refractivity (Wildman–Crippen MR) is 108 cm³/mol. The Bertz CT molecular complexity index is 579. The molecule has 0 aliphatic carbocycles. The molecule has 0 saturated carbocycles. The van der Waals surface area contributed by atoms with E-state index in [1.807, 2.05) is 0 Å². The Morgan fingerprint density at radius 1 is 1.07 bits per heavy atom. The highest BCUT2D eigenvalue weighted by molar-refractivity contribution is 5.48. The van der Waals surface area contributed by atoms with Gasteiger partial charge in [-0.3, -0.25) is 9.74 Å². The van der Waals surface area contributed by atoms with Crippen LogP contribution in [0.4, 0.5) is 5.69 Å². The zero-order valence-electron chi connectivity index (χ0n) is 16.7. The van der Waals surface area contributed by atoms with Crippen LogP contribution in [0.1, 0.15) is 25.5 Å². The van der Waals surface area contributed by atoms with E-state index in [2.05, 4.69) is 60.0 Å². The molecule has 1 aromatic carbocycles. The molecule has 1 unspecified atom stereocenters. The molecule has 2 aliphatic heterocycles. The third kappa shape index (κ3) is 5.09. The van der Waals surface area contributed by atoms with Gasteiger partial charge in [-0.1, -0.05) is 18.2 Å². The summed E-state index contributed by atoms with van der Waals surface area (Å²) in [6.07, 6.45) is 1.76. The molecule has 0 amide bonds. The van der Waals surface area contributed by atoms with Gasteiger partial charge in [0.25, 0.3) is 0 Å². The number of nitrogens with one attached hydrogen (secondary N) is 1. The summed E-state index contributed by atoms with van der Waals surface area (Å²) in [5.41, 5.74) is 5.63. The van der Waals surface area contributed by atoms with Gasteiger partial charge in [0.15, 0.2) is 0 Å². The number of morpholine rings is 2. The zero-order valence-corrected chi connectivity index (χ0v) is 16.7. The SMILES string of the molecule is C=CCONC(c1ccc(N2CCOCC2)cc1)C(C)(C)N1CCOCC1. The lowest BCUT2D eigenvalue weighted by molar-refractivity contribution is -0.0609.